The summed E-state index contributed by atoms with van der Waals surface area (Å²) in [6, 6.07) is 23.4. The highest BCUT2D eigenvalue weighted by Crippen LogP contribution is 2.64. The van der Waals surface area contributed by atoms with Crippen LogP contribution in [-0.4, -0.2) is 106 Å². The quantitative estimate of drug-likeness (QED) is 0.0311. The van der Waals surface area contributed by atoms with Gasteiger partial charge in [0.2, 0.25) is 6.10 Å². The number of nitrogens with one attached hydrogen (secondary N) is 1. The molecule has 0 unspecified atom stereocenters. The molecule has 3 fully saturated rings. The first kappa shape index (κ1) is 60.4. The number of amides is 1. The van der Waals surface area contributed by atoms with Crippen LogP contribution in [0, 0.1) is 16.7 Å². The number of Topliss-reactive ketones (excluding diaryl/α,β-unsaturated/α-hetero) is 1. The number of carbonyl (C=O) groups is 7. The van der Waals surface area contributed by atoms with Crippen molar-refractivity contribution in [3.05, 3.63) is 119 Å². The molecule has 3 aliphatic carbocycles. The first-order valence-electron chi connectivity index (χ1n) is 28.4. The van der Waals surface area contributed by atoms with Crippen LogP contribution >= 0.6 is 0 Å². The number of ketones is 1. The molecule has 0 aromatic heterocycles. The van der Waals surface area contributed by atoms with E-state index in [9.17, 15) is 34.2 Å². The number of esters is 5. The lowest BCUT2D eigenvalue weighted by molar-refractivity contribution is -0.346. The summed E-state index contributed by atoms with van der Waals surface area (Å²) in [4.78, 5) is 100. The van der Waals surface area contributed by atoms with E-state index in [1.165, 1.54) is 64.0 Å². The van der Waals surface area contributed by atoms with Crippen molar-refractivity contribution in [1.82, 2.24) is 5.32 Å². The Morgan fingerprint density at radius 1 is 0.722 bits per heavy atom. The number of ether oxygens (including phenoxy) is 6. The normalized spacial score (nSPS) is 27.5. The van der Waals surface area contributed by atoms with Crippen LogP contribution in [0.4, 0.5) is 0 Å². The monoisotopic (exact) mass is 1090 g/mol. The van der Waals surface area contributed by atoms with Crippen LogP contribution in [0.15, 0.2) is 102 Å². The highest BCUT2D eigenvalue weighted by Gasteiger charge is 2.78. The number of hydrogen-bond acceptors (Lipinski definition) is 15. The Labute approximate surface area is 464 Å². The molecule has 428 valence electrons. The lowest BCUT2D eigenvalue weighted by Crippen LogP contribution is -2.82. The van der Waals surface area contributed by atoms with Crippen molar-refractivity contribution < 1.29 is 72.2 Å². The minimum absolute atomic E-state index is 0.00616. The van der Waals surface area contributed by atoms with Crippen molar-refractivity contribution in [3.63, 3.8) is 0 Å². The summed E-state index contributed by atoms with van der Waals surface area (Å²) in [6.07, 6.45) is 3.69. The summed E-state index contributed by atoms with van der Waals surface area (Å²) in [5.74, 6) is -7.51. The summed E-state index contributed by atoms with van der Waals surface area (Å²) >= 11 is 0. The van der Waals surface area contributed by atoms with Crippen LogP contribution in [0.5, 0.6) is 0 Å². The highest BCUT2D eigenvalue weighted by molar-refractivity contribution is 5.96. The Kier molecular flexibility index (Phi) is 20.2. The summed E-state index contributed by atoms with van der Waals surface area (Å²) in [5.41, 5.74) is -7.15. The van der Waals surface area contributed by atoms with Gasteiger partial charge in [-0.2, -0.15) is 0 Å². The van der Waals surface area contributed by atoms with Gasteiger partial charge in [0, 0.05) is 44.1 Å². The molecule has 4 aliphatic rings. The Hall–Kier alpha value is -6.23. The fraction of sp³-hybridized carbons (Fsp3) is 0.571. The predicted octanol–water partition coefficient (Wildman–Crippen LogP) is 9.77. The second-order valence-electron chi connectivity index (χ2n) is 22.8. The second-order valence-corrected chi connectivity index (χ2v) is 22.8. The third-order valence-corrected chi connectivity index (χ3v) is 17.2. The van der Waals surface area contributed by atoms with Gasteiger partial charge in [0.25, 0.3) is 5.91 Å². The SMILES string of the molecule is CCCCCCCCCCCCCCCC(=O)O[C@@H](C(=O)O[C@H]1C[C@@]2(O)[C@@H](OC(=O)c3ccccc3)[C@@H]3[C@]4(OC(C)=O)CO[C@@H]4C[C@H](O)[C@@]3(C)C(=O)[C@H](OC(C)=O)C(=C1C)C2(C)C)[C@@H](NC(=O)c1ccccc1)c1ccccc1. The summed E-state index contributed by atoms with van der Waals surface area (Å²) in [6.45, 7) is 10.3. The van der Waals surface area contributed by atoms with Gasteiger partial charge in [0.1, 0.15) is 30.0 Å². The van der Waals surface area contributed by atoms with Gasteiger partial charge in [-0.25, -0.2) is 9.59 Å². The predicted molar refractivity (Wildman–Crippen MR) is 292 cm³/mol. The minimum Gasteiger partial charge on any atom is -0.455 e. The molecule has 1 amide bonds. The molecule has 0 spiro atoms. The molecule has 1 saturated heterocycles. The fourth-order valence-electron chi connectivity index (χ4n) is 12.8. The van der Waals surface area contributed by atoms with Crippen molar-refractivity contribution in [2.45, 2.75) is 205 Å². The first-order valence-corrected chi connectivity index (χ1v) is 28.4. The number of aliphatic hydroxyl groups is 2. The van der Waals surface area contributed by atoms with Gasteiger partial charge in [-0.3, -0.25) is 24.0 Å². The largest absolute Gasteiger partial charge is 0.455 e. The molecule has 79 heavy (non-hydrogen) atoms. The maximum Gasteiger partial charge on any atom is 0.350 e. The van der Waals surface area contributed by atoms with Crippen LogP contribution in [0.25, 0.3) is 0 Å². The van der Waals surface area contributed by atoms with E-state index in [2.05, 4.69) is 12.2 Å². The van der Waals surface area contributed by atoms with Gasteiger partial charge < -0.3 is 44.0 Å². The fourth-order valence-corrected chi connectivity index (χ4v) is 12.8. The topological polar surface area (TPSA) is 227 Å². The summed E-state index contributed by atoms with van der Waals surface area (Å²) in [7, 11) is 0. The van der Waals surface area contributed by atoms with Crippen molar-refractivity contribution in [1.29, 1.82) is 0 Å². The van der Waals surface area contributed by atoms with Crippen molar-refractivity contribution in [3.8, 4) is 0 Å². The van der Waals surface area contributed by atoms with E-state index < -0.39 is 119 Å². The number of carbonyl (C=O) groups excluding carboxylic acids is 7. The summed E-state index contributed by atoms with van der Waals surface area (Å²) in [5, 5.41) is 29.2. The van der Waals surface area contributed by atoms with Gasteiger partial charge in [0.15, 0.2) is 17.5 Å². The van der Waals surface area contributed by atoms with Gasteiger partial charge in [0.05, 0.1) is 29.6 Å². The van der Waals surface area contributed by atoms with Crippen LogP contribution < -0.4 is 5.32 Å². The Morgan fingerprint density at radius 2 is 1.27 bits per heavy atom. The molecule has 7 rings (SSSR count). The standard InChI is InChI=1S/C63H81NO15/c1-8-9-10-11-12-13-14-15-16-17-18-19-29-36-49(68)77-53(51(43-30-23-20-24-31-43)64-57(70)44-32-25-21-26-33-44)59(72)76-46-38-63(73)56(78-58(71)45-34-27-22-28-35-45)54-61(7,47(67)37-48-62(54,39-74-48)79-42(4)66)55(69)52(75-41(3)65)50(40(46)2)60(63,5)6/h20-28,30-35,46-48,51-54,56,67,73H,8-19,29,36-39H2,1-7H3,(H,64,70)/t46-,47-,48+,51-,52+,53+,54-,56-,61+,62-,63+/m0/s1. The average Bonchev–Trinajstić information content (AvgIpc) is 2.71. The van der Waals surface area contributed by atoms with Crippen LogP contribution in [-0.2, 0) is 52.4 Å². The van der Waals surface area contributed by atoms with E-state index in [-0.39, 0.29) is 41.7 Å². The maximum atomic E-state index is 15.8. The number of aliphatic hydroxyl groups excluding tert-OH is 1. The molecule has 16 nitrogen and oxygen atoms in total. The average molecular weight is 1090 g/mol. The van der Waals surface area contributed by atoms with E-state index >= 15 is 9.59 Å². The number of fused-ring (bicyclic) bond motifs is 5. The molecule has 3 aromatic rings. The van der Waals surface area contributed by atoms with E-state index in [0.717, 1.165) is 46.0 Å². The Morgan fingerprint density at radius 3 is 1.80 bits per heavy atom. The highest BCUT2D eigenvalue weighted by atomic mass is 16.6. The summed E-state index contributed by atoms with van der Waals surface area (Å²) < 4.78 is 37.3. The number of unbranched alkanes of at least 4 members (excludes halogenated alkanes) is 12. The van der Waals surface area contributed by atoms with E-state index in [4.69, 9.17) is 28.4 Å². The molecule has 3 aromatic carbocycles. The zero-order valence-electron chi connectivity index (χ0n) is 47.0. The van der Waals surface area contributed by atoms with Gasteiger partial charge in [-0.05, 0) is 61.2 Å². The lowest BCUT2D eigenvalue weighted by atomic mass is 9.44. The van der Waals surface area contributed by atoms with Crippen molar-refractivity contribution >= 4 is 41.5 Å². The van der Waals surface area contributed by atoms with Gasteiger partial charge in [-0.15, -0.1) is 0 Å². The van der Waals surface area contributed by atoms with Gasteiger partial charge >= 0.3 is 29.8 Å². The smallest absolute Gasteiger partial charge is 0.350 e. The molecule has 16 heteroatoms. The molecule has 2 saturated carbocycles. The molecule has 3 N–H and O–H groups in total. The lowest BCUT2D eigenvalue weighted by Gasteiger charge is -2.67. The van der Waals surface area contributed by atoms with Crippen molar-refractivity contribution in [2.75, 3.05) is 6.61 Å². The minimum atomic E-state index is -2.44. The van der Waals surface area contributed by atoms with E-state index in [1.54, 1.807) is 99.6 Å². The van der Waals surface area contributed by atoms with E-state index in [0.29, 0.717) is 12.0 Å². The number of benzene rings is 3. The molecule has 1 heterocycles. The Balaban J connectivity index is 1.27. The van der Waals surface area contributed by atoms with E-state index in [1.807, 2.05) is 0 Å². The van der Waals surface area contributed by atoms with Crippen LogP contribution in [0.2, 0.25) is 0 Å². The third-order valence-electron chi connectivity index (χ3n) is 17.2. The molecule has 0 radical (unpaired) electrons. The first-order chi connectivity index (χ1) is 37.7. The van der Waals surface area contributed by atoms with Crippen LogP contribution in [0.3, 0.4) is 0 Å². The number of hydrogen-bond donors (Lipinski definition) is 3. The molecule has 11 atom stereocenters. The van der Waals surface area contributed by atoms with Gasteiger partial charge in [-0.1, -0.05) is 165 Å². The molecular weight excluding hydrogens is 1010 g/mol. The molecule has 1 aliphatic heterocycles. The Bertz CT molecular complexity index is 2660. The molecular formula is C63H81NO15. The van der Waals surface area contributed by atoms with Crippen molar-refractivity contribution in [2.24, 2.45) is 16.7 Å². The maximum absolute atomic E-state index is 15.8. The zero-order chi connectivity index (χ0) is 57.1. The molecule has 2 bridgehead atoms. The number of rotatable bonds is 25. The second kappa shape index (κ2) is 26.4. The van der Waals surface area contributed by atoms with Crippen LogP contribution in [0.1, 0.15) is 184 Å². The zero-order valence-corrected chi connectivity index (χ0v) is 47.0. The third kappa shape index (κ3) is 13.0.